The second kappa shape index (κ2) is 11.7. The minimum Gasteiger partial charge on any atom is -0.309 e. The highest BCUT2D eigenvalue weighted by molar-refractivity contribution is 7.26. The van der Waals surface area contributed by atoms with Crippen LogP contribution in [0.5, 0.6) is 0 Å². The number of benzene rings is 8. The van der Waals surface area contributed by atoms with Gasteiger partial charge in [0, 0.05) is 58.4 Å². The van der Waals surface area contributed by atoms with Crippen LogP contribution >= 0.6 is 11.3 Å². The summed E-state index contributed by atoms with van der Waals surface area (Å²) in [6.45, 7) is 0. The first-order valence-corrected chi connectivity index (χ1v) is 19.4. The molecule has 256 valence electrons. The van der Waals surface area contributed by atoms with Crippen LogP contribution in [0.25, 0.3) is 109 Å². The summed E-state index contributed by atoms with van der Waals surface area (Å²) in [6, 6.07) is 65.1. The second-order valence-electron chi connectivity index (χ2n) is 14.1. The summed E-state index contributed by atoms with van der Waals surface area (Å²) in [4.78, 5) is 10.6. The molecule has 5 heteroatoms. The summed E-state index contributed by atoms with van der Waals surface area (Å²) in [6.07, 6.45) is 0. The Hall–Kier alpha value is -7.08. The van der Waals surface area contributed by atoms with E-state index in [0.717, 1.165) is 38.9 Å². The number of thiophene rings is 1. The average molecular weight is 719 g/mol. The average Bonchev–Trinajstić information content (AvgIpc) is 3.91. The van der Waals surface area contributed by atoms with Crippen molar-refractivity contribution in [2.45, 2.75) is 0 Å². The Bertz CT molecular complexity index is 3470. The van der Waals surface area contributed by atoms with Crippen molar-refractivity contribution in [1.29, 1.82) is 0 Å². The van der Waals surface area contributed by atoms with Gasteiger partial charge in [-0.05, 0) is 65.7 Å². The quantitative estimate of drug-likeness (QED) is 0.182. The van der Waals surface area contributed by atoms with Gasteiger partial charge in [0.25, 0.3) is 0 Å². The fraction of sp³-hybridized carbons (Fsp3) is 0. The summed E-state index contributed by atoms with van der Waals surface area (Å²) in [5, 5.41) is 8.57. The number of rotatable bonds is 4. The molecule has 12 aromatic rings. The van der Waals surface area contributed by atoms with Gasteiger partial charge in [-0.3, -0.25) is 4.57 Å². The van der Waals surface area contributed by atoms with Crippen LogP contribution in [0.4, 0.5) is 0 Å². The standard InChI is InChI=1S/C50H30N4S/c1-3-13-31(14-4-1)32-23-25-34(26-24-32)53-39-21-11-8-18-36(39)45-41(53)27-29-43-47(45)48-44(55-43)30-28-42-46(48)37-19-9-12-22-40(37)54(42)50-51-38-20-10-7-17-35(38)49(52-50)33-15-5-2-6-16-33/h1-30H. The van der Waals surface area contributed by atoms with Gasteiger partial charge in [-0.15, -0.1) is 11.3 Å². The molecule has 55 heavy (non-hydrogen) atoms. The van der Waals surface area contributed by atoms with Crippen LogP contribution in [0.2, 0.25) is 0 Å². The number of fused-ring (bicyclic) bond motifs is 12. The van der Waals surface area contributed by atoms with Crippen molar-refractivity contribution in [3.05, 3.63) is 182 Å². The Morgan fingerprint density at radius 1 is 0.345 bits per heavy atom. The van der Waals surface area contributed by atoms with E-state index in [2.05, 4.69) is 185 Å². The van der Waals surface area contributed by atoms with Gasteiger partial charge < -0.3 is 4.57 Å². The molecule has 0 atom stereocenters. The van der Waals surface area contributed by atoms with Crippen molar-refractivity contribution in [3.63, 3.8) is 0 Å². The van der Waals surface area contributed by atoms with Gasteiger partial charge in [0.2, 0.25) is 5.95 Å². The second-order valence-corrected chi connectivity index (χ2v) is 15.2. The van der Waals surface area contributed by atoms with Crippen LogP contribution in [-0.2, 0) is 0 Å². The molecule has 12 rings (SSSR count). The molecule has 4 heterocycles. The molecule has 0 saturated heterocycles. The molecule has 4 aromatic heterocycles. The zero-order valence-electron chi connectivity index (χ0n) is 29.5. The highest BCUT2D eigenvalue weighted by Gasteiger charge is 2.23. The Morgan fingerprint density at radius 3 is 1.51 bits per heavy atom. The molecule has 4 nitrogen and oxygen atoms in total. The summed E-state index contributed by atoms with van der Waals surface area (Å²) in [7, 11) is 0. The monoisotopic (exact) mass is 718 g/mol. The molecule has 0 N–H and O–H groups in total. The van der Waals surface area contributed by atoms with Gasteiger partial charge in [-0.25, -0.2) is 9.97 Å². The minimum absolute atomic E-state index is 0.670. The van der Waals surface area contributed by atoms with E-state index >= 15 is 0 Å². The van der Waals surface area contributed by atoms with E-state index in [1.807, 2.05) is 17.4 Å². The molecule has 0 radical (unpaired) electrons. The van der Waals surface area contributed by atoms with Gasteiger partial charge >= 0.3 is 0 Å². The van der Waals surface area contributed by atoms with E-state index in [4.69, 9.17) is 9.97 Å². The lowest BCUT2D eigenvalue weighted by Crippen LogP contribution is -2.03. The first kappa shape index (κ1) is 30.4. The molecule has 0 spiro atoms. The predicted octanol–water partition coefficient (Wildman–Crippen LogP) is 13.5. The fourth-order valence-corrected chi connectivity index (χ4v) is 9.90. The van der Waals surface area contributed by atoms with E-state index in [-0.39, 0.29) is 0 Å². The SMILES string of the molecule is c1ccc(-c2ccc(-n3c4ccccc4c4c5c(ccc43)sc3ccc4c(c6ccccc6n4-c4nc(-c6ccccc6)c6ccccc6n4)c35)cc2)cc1. The third-order valence-electron chi connectivity index (χ3n) is 11.1. The predicted molar refractivity (Wildman–Crippen MR) is 232 cm³/mol. The Kier molecular flexibility index (Phi) is 6.47. The lowest BCUT2D eigenvalue weighted by atomic mass is 10.0. The van der Waals surface area contributed by atoms with E-state index < -0.39 is 0 Å². The Balaban J connectivity index is 1.17. The minimum atomic E-state index is 0.670. The third-order valence-corrected chi connectivity index (χ3v) is 12.3. The molecule has 0 aliphatic heterocycles. The van der Waals surface area contributed by atoms with E-state index in [1.165, 1.54) is 63.9 Å². The van der Waals surface area contributed by atoms with Crippen LogP contribution < -0.4 is 0 Å². The number of nitrogens with zero attached hydrogens (tertiary/aromatic N) is 4. The molecule has 0 bridgehead atoms. The topological polar surface area (TPSA) is 35.6 Å². The first-order chi connectivity index (χ1) is 27.3. The van der Waals surface area contributed by atoms with Crippen LogP contribution in [-0.4, -0.2) is 19.1 Å². The summed E-state index contributed by atoms with van der Waals surface area (Å²) < 4.78 is 7.25. The number of hydrogen-bond donors (Lipinski definition) is 0. The maximum Gasteiger partial charge on any atom is 0.235 e. The highest BCUT2D eigenvalue weighted by atomic mass is 32.1. The molecule has 0 fully saturated rings. The molecular weight excluding hydrogens is 689 g/mol. The van der Waals surface area contributed by atoms with Crippen molar-refractivity contribution >= 4 is 86.0 Å². The molecule has 0 aliphatic rings. The zero-order valence-corrected chi connectivity index (χ0v) is 30.3. The van der Waals surface area contributed by atoms with Crippen LogP contribution in [0.3, 0.4) is 0 Å². The van der Waals surface area contributed by atoms with E-state index in [1.54, 1.807) is 0 Å². The molecular formula is C50H30N4S. The van der Waals surface area contributed by atoms with Crippen LogP contribution in [0.15, 0.2) is 182 Å². The smallest absolute Gasteiger partial charge is 0.235 e. The lowest BCUT2D eigenvalue weighted by molar-refractivity contribution is 1.01. The third kappa shape index (κ3) is 4.45. The van der Waals surface area contributed by atoms with Crippen molar-refractivity contribution in [2.24, 2.45) is 0 Å². The number of hydrogen-bond acceptors (Lipinski definition) is 3. The molecule has 0 amide bonds. The maximum atomic E-state index is 5.35. The molecule has 0 aliphatic carbocycles. The van der Waals surface area contributed by atoms with Crippen molar-refractivity contribution < 1.29 is 0 Å². The maximum absolute atomic E-state index is 5.35. The lowest BCUT2D eigenvalue weighted by Gasteiger charge is -2.11. The van der Waals surface area contributed by atoms with E-state index in [9.17, 15) is 0 Å². The molecule has 8 aromatic carbocycles. The number of aromatic nitrogens is 4. The first-order valence-electron chi connectivity index (χ1n) is 18.6. The van der Waals surface area contributed by atoms with Crippen molar-refractivity contribution in [1.82, 2.24) is 19.1 Å². The van der Waals surface area contributed by atoms with Gasteiger partial charge in [0.05, 0.1) is 33.3 Å². The largest absolute Gasteiger partial charge is 0.309 e. The van der Waals surface area contributed by atoms with Gasteiger partial charge in [-0.2, -0.15) is 0 Å². The summed E-state index contributed by atoms with van der Waals surface area (Å²) >= 11 is 1.87. The normalized spacial score (nSPS) is 12.0. The van der Waals surface area contributed by atoms with Crippen molar-refractivity contribution in [2.75, 3.05) is 0 Å². The molecule has 0 unspecified atom stereocenters. The van der Waals surface area contributed by atoms with Crippen molar-refractivity contribution in [3.8, 4) is 34.0 Å². The van der Waals surface area contributed by atoms with Crippen LogP contribution in [0.1, 0.15) is 0 Å². The zero-order chi connectivity index (χ0) is 36.0. The highest BCUT2D eigenvalue weighted by Crippen LogP contribution is 2.48. The summed E-state index contributed by atoms with van der Waals surface area (Å²) in [5.74, 6) is 0.670. The Labute approximate surface area is 319 Å². The summed E-state index contributed by atoms with van der Waals surface area (Å²) in [5.41, 5.74) is 11.1. The van der Waals surface area contributed by atoms with Gasteiger partial charge in [0.1, 0.15) is 0 Å². The number of para-hydroxylation sites is 3. The van der Waals surface area contributed by atoms with Gasteiger partial charge in [0.15, 0.2) is 0 Å². The van der Waals surface area contributed by atoms with E-state index in [0.29, 0.717) is 5.95 Å². The van der Waals surface area contributed by atoms with Gasteiger partial charge in [-0.1, -0.05) is 127 Å². The Morgan fingerprint density at radius 2 is 0.855 bits per heavy atom. The molecule has 0 saturated carbocycles. The van der Waals surface area contributed by atoms with Crippen LogP contribution in [0, 0.1) is 0 Å². The fourth-order valence-electron chi connectivity index (χ4n) is 8.78.